The number of morpholine rings is 1. The summed E-state index contributed by atoms with van der Waals surface area (Å²) in [4.78, 5) is 2.44. The number of hydrogen-bond acceptors (Lipinski definition) is 4. The Morgan fingerprint density at radius 1 is 0.737 bits per heavy atom. The molecule has 4 atom stereocenters. The SMILES string of the molecule is COc1ccc(-c2ccc3c4c(c5c(c3c2)-c2ccccc2C52C=C(C)CC(C)(C)C2)C=CC(c2ccccc2)(c2ccc(N3CC(C)OC(C)C3)cc2)O4)cc1. The Hall–Kier alpha value is -5.58. The number of benzene rings is 6. The largest absolute Gasteiger partial charge is 0.497 e. The molecule has 1 saturated heterocycles. The third kappa shape index (κ3) is 5.75. The maximum absolute atomic E-state index is 7.78. The van der Waals surface area contributed by atoms with Crippen LogP contribution in [0, 0.1) is 5.41 Å². The van der Waals surface area contributed by atoms with Crippen molar-refractivity contribution in [1.29, 1.82) is 0 Å². The molecular formula is C53H51NO3. The molecule has 2 aliphatic heterocycles. The van der Waals surface area contributed by atoms with E-state index < -0.39 is 5.60 Å². The average molecular weight is 750 g/mol. The Kier molecular flexibility index (Phi) is 8.32. The van der Waals surface area contributed by atoms with Gasteiger partial charge in [0, 0.05) is 46.3 Å². The fourth-order valence-electron chi connectivity index (χ4n) is 11.0. The van der Waals surface area contributed by atoms with Gasteiger partial charge < -0.3 is 19.1 Å². The van der Waals surface area contributed by atoms with Gasteiger partial charge in [0.15, 0.2) is 5.60 Å². The first-order valence-electron chi connectivity index (χ1n) is 20.6. The second-order valence-electron chi connectivity index (χ2n) is 17.8. The van der Waals surface area contributed by atoms with Crippen LogP contribution in [0.15, 0.2) is 139 Å². The minimum Gasteiger partial charge on any atom is -0.497 e. The number of ether oxygens (including phenoxy) is 3. The van der Waals surface area contributed by atoms with Gasteiger partial charge >= 0.3 is 0 Å². The van der Waals surface area contributed by atoms with E-state index in [0.717, 1.165) is 59.5 Å². The molecule has 1 spiro atoms. The molecule has 2 heterocycles. The van der Waals surface area contributed by atoms with E-state index in [0.29, 0.717) is 0 Å². The molecule has 4 aliphatic rings. The number of anilines is 1. The lowest BCUT2D eigenvalue weighted by Gasteiger charge is -2.44. The zero-order chi connectivity index (χ0) is 39.1. The Bertz CT molecular complexity index is 2580. The molecule has 2 aliphatic carbocycles. The maximum atomic E-state index is 7.78. The average Bonchev–Trinajstić information content (AvgIpc) is 3.48. The van der Waals surface area contributed by atoms with Crippen LogP contribution >= 0.6 is 0 Å². The highest BCUT2D eigenvalue weighted by atomic mass is 16.5. The van der Waals surface area contributed by atoms with Crippen LogP contribution in [0.2, 0.25) is 0 Å². The van der Waals surface area contributed by atoms with E-state index in [1.54, 1.807) is 7.11 Å². The predicted molar refractivity (Wildman–Crippen MR) is 234 cm³/mol. The van der Waals surface area contributed by atoms with Crippen molar-refractivity contribution < 1.29 is 14.2 Å². The summed E-state index contributed by atoms with van der Waals surface area (Å²) in [6, 6.07) is 44.4. The monoisotopic (exact) mass is 749 g/mol. The topological polar surface area (TPSA) is 30.9 Å². The molecule has 4 heteroatoms. The van der Waals surface area contributed by atoms with E-state index in [4.69, 9.17) is 14.2 Å². The van der Waals surface area contributed by atoms with Crippen LogP contribution in [0.3, 0.4) is 0 Å². The molecule has 0 radical (unpaired) electrons. The van der Waals surface area contributed by atoms with Crippen LogP contribution in [0.25, 0.3) is 39.1 Å². The van der Waals surface area contributed by atoms with Gasteiger partial charge in [-0.3, -0.25) is 0 Å². The first-order valence-corrected chi connectivity index (χ1v) is 20.6. The summed E-state index contributed by atoms with van der Waals surface area (Å²) in [5.41, 5.74) is 12.8. The van der Waals surface area contributed by atoms with Gasteiger partial charge in [0.25, 0.3) is 0 Å². The van der Waals surface area contributed by atoms with Gasteiger partial charge in [-0.2, -0.15) is 0 Å². The smallest absolute Gasteiger partial charge is 0.178 e. The molecule has 286 valence electrons. The zero-order valence-corrected chi connectivity index (χ0v) is 33.9. The second-order valence-corrected chi connectivity index (χ2v) is 17.8. The van der Waals surface area contributed by atoms with Gasteiger partial charge in [0.1, 0.15) is 11.5 Å². The molecule has 0 N–H and O–H groups in total. The van der Waals surface area contributed by atoms with Crippen LogP contribution in [0.1, 0.15) is 75.3 Å². The lowest BCUT2D eigenvalue weighted by atomic mass is 9.60. The fraction of sp³-hybridized carbons (Fsp3) is 0.283. The first kappa shape index (κ1) is 35.8. The molecule has 0 bridgehead atoms. The van der Waals surface area contributed by atoms with Crippen molar-refractivity contribution in [3.63, 3.8) is 0 Å². The molecule has 0 aromatic heterocycles. The molecule has 10 rings (SSSR count). The van der Waals surface area contributed by atoms with Gasteiger partial charge in [-0.1, -0.05) is 117 Å². The standard InChI is InChI=1S/C53H51NO3/c1-34-29-51(4,5)33-52(30-34)47-15-11-10-14-44(47)48-46-28-38(37-16-23-42(55-6)24-17-37)18-25-43(46)50-45(49(48)52)26-27-53(57-50,39-12-8-7-9-13-39)40-19-21-41(22-20-40)54-31-35(2)56-36(3)32-54/h7-28,30,35-36H,29,31-33H2,1-6H3. The molecule has 4 nitrogen and oxygen atoms in total. The summed E-state index contributed by atoms with van der Waals surface area (Å²) in [5, 5.41) is 2.35. The van der Waals surface area contributed by atoms with Crippen LogP contribution in [-0.2, 0) is 15.8 Å². The van der Waals surface area contributed by atoms with Crippen molar-refractivity contribution in [2.24, 2.45) is 5.41 Å². The maximum Gasteiger partial charge on any atom is 0.178 e. The van der Waals surface area contributed by atoms with Crippen LogP contribution in [0.5, 0.6) is 11.5 Å². The summed E-state index contributed by atoms with van der Waals surface area (Å²) < 4.78 is 19.4. The summed E-state index contributed by atoms with van der Waals surface area (Å²) in [6.45, 7) is 13.3. The Labute approximate surface area is 337 Å². The van der Waals surface area contributed by atoms with Gasteiger partial charge in [-0.15, -0.1) is 0 Å². The number of hydrogen-bond donors (Lipinski definition) is 0. The van der Waals surface area contributed by atoms with E-state index in [1.807, 2.05) is 12.1 Å². The molecule has 4 unspecified atom stereocenters. The van der Waals surface area contributed by atoms with Gasteiger partial charge in [-0.25, -0.2) is 0 Å². The highest BCUT2D eigenvalue weighted by Gasteiger charge is 2.51. The number of allylic oxidation sites excluding steroid dienone is 2. The van der Waals surface area contributed by atoms with Crippen LogP contribution < -0.4 is 14.4 Å². The van der Waals surface area contributed by atoms with Crippen LogP contribution in [-0.4, -0.2) is 32.4 Å². The molecule has 57 heavy (non-hydrogen) atoms. The van der Waals surface area contributed by atoms with Crippen molar-refractivity contribution in [3.05, 3.63) is 167 Å². The normalized spacial score (nSPS) is 24.4. The highest BCUT2D eigenvalue weighted by Crippen LogP contribution is 2.63. The summed E-state index contributed by atoms with van der Waals surface area (Å²) in [7, 11) is 1.72. The van der Waals surface area contributed by atoms with Gasteiger partial charge in [0.2, 0.25) is 0 Å². The van der Waals surface area contributed by atoms with Crippen molar-refractivity contribution in [3.8, 4) is 33.8 Å². The second kappa shape index (κ2) is 13.2. The first-order chi connectivity index (χ1) is 27.6. The summed E-state index contributed by atoms with van der Waals surface area (Å²) in [5.74, 6) is 1.80. The number of nitrogens with zero attached hydrogens (tertiary/aromatic N) is 1. The minimum absolute atomic E-state index is 0.116. The molecule has 6 aromatic rings. The fourth-order valence-corrected chi connectivity index (χ4v) is 11.0. The third-order valence-electron chi connectivity index (χ3n) is 12.9. The number of methoxy groups -OCH3 is 1. The van der Waals surface area contributed by atoms with E-state index in [2.05, 4.69) is 167 Å². The van der Waals surface area contributed by atoms with E-state index in [9.17, 15) is 0 Å². The van der Waals surface area contributed by atoms with E-state index >= 15 is 0 Å². The van der Waals surface area contributed by atoms with Gasteiger partial charge in [-0.05, 0) is 120 Å². The lowest BCUT2D eigenvalue weighted by molar-refractivity contribution is -0.00522. The minimum atomic E-state index is -0.843. The number of rotatable bonds is 5. The van der Waals surface area contributed by atoms with Crippen LogP contribution in [0.4, 0.5) is 5.69 Å². The van der Waals surface area contributed by atoms with Crippen molar-refractivity contribution >= 4 is 22.5 Å². The van der Waals surface area contributed by atoms with Gasteiger partial charge in [0.05, 0.1) is 19.3 Å². The van der Waals surface area contributed by atoms with Crippen molar-refractivity contribution in [2.75, 3.05) is 25.1 Å². The molecular weight excluding hydrogens is 699 g/mol. The Morgan fingerprint density at radius 3 is 2.14 bits per heavy atom. The van der Waals surface area contributed by atoms with E-state index in [-0.39, 0.29) is 23.0 Å². The summed E-state index contributed by atoms with van der Waals surface area (Å²) in [6.07, 6.45) is 9.82. The summed E-state index contributed by atoms with van der Waals surface area (Å²) >= 11 is 0. The van der Waals surface area contributed by atoms with Crippen molar-refractivity contribution in [2.45, 2.75) is 70.7 Å². The number of fused-ring (bicyclic) bond motifs is 10. The lowest BCUT2D eigenvalue weighted by Crippen LogP contribution is -2.45. The Morgan fingerprint density at radius 2 is 1.42 bits per heavy atom. The molecule has 0 saturated carbocycles. The molecule has 0 amide bonds. The highest BCUT2D eigenvalue weighted by molar-refractivity contribution is 6.10. The quantitative estimate of drug-likeness (QED) is 0.164. The van der Waals surface area contributed by atoms with Crippen molar-refractivity contribution in [1.82, 2.24) is 0 Å². The third-order valence-corrected chi connectivity index (χ3v) is 12.9. The molecule has 1 fully saturated rings. The Balaban J connectivity index is 1.23. The predicted octanol–water partition coefficient (Wildman–Crippen LogP) is 12.5. The zero-order valence-electron chi connectivity index (χ0n) is 33.9. The van der Waals surface area contributed by atoms with E-state index in [1.165, 1.54) is 50.0 Å². The molecule has 6 aromatic carbocycles.